The molecule has 92 heavy (non-hydrogen) atoms. The van der Waals surface area contributed by atoms with Crippen LogP contribution in [0.3, 0.4) is 0 Å². The van der Waals surface area contributed by atoms with E-state index in [9.17, 15) is 0 Å². The molecule has 2 aromatic heterocycles. The van der Waals surface area contributed by atoms with Gasteiger partial charge >= 0.3 is 0 Å². The number of hydrogen-bond donors (Lipinski definition) is 0. The molecule has 428 valence electrons. The second kappa shape index (κ2) is 21.6. The fourth-order valence-electron chi connectivity index (χ4n) is 14.8. The predicted molar refractivity (Wildman–Crippen MR) is 379 cm³/mol. The molecule has 18 rings (SSSR count). The fraction of sp³-hybridized carbons (Fsp3) is 0.0114. The summed E-state index contributed by atoms with van der Waals surface area (Å²) in [5, 5.41) is 2.47. The lowest BCUT2D eigenvalue weighted by Gasteiger charge is -2.31. The second-order valence-corrected chi connectivity index (χ2v) is 24.2. The van der Waals surface area contributed by atoms with Crippen LogP contribution in [-0.2, 0) is 5.41 Å². The zero-order valence-corrected chi connectivity index (χ0v) is 50.1. The van der Waals surface area contributed by atoms with Crippen LogP contribution in [0, 0.1) is 0 Å². The van der Waals surface area contributed by atoms with Crippen LogP contribution in [-0.4, -0.2) is 19.5 Å². The van der Waals surface area contributed by atoms with Crippen LogP contribution in [0.2, 0.25) is 0 Å². The van der Waals surface area contributed by atoms with E-state index in [-0.39, 0.29) is 0 Å². The van der Waals surface area contributed by atoms with Gasteiger partial charge in [0.15, 0.2) is 17.5 Å². The van der Waals surface area contributed by atoms with E-state index in [4.69, 9.17) is 15.0 Å². The first-order valence-electron chi connectivity index (χ1n) is 31.5. The summed E-state index contributed by atoms with van der Waals surface area (Å²) in [5.74, 6) is 1.77. The summed E-state index contributed by atoms with van der Waals surface area (Å²) in [5.41, 5.74) is 28.9. The third kappa shape index (κ3) is 8.71. The minimum absolute atomic E-state index is 0.586. The quantitative estimate of drug-likeness (QED) is 0.137. The molecule has 1 unspecified atom stereocenters. The molecule has 0 bridgehead atoms. The number of hydrogen-bond acceptors (Lipinski definition) is 3. The lowest BCUT2D eigenvalue weighted by molar-refractivity contribution is 0.792. The molecule has 2 aliphatic rings. The van der Waals surface area contributed by atoms with Gasteiger partial charge in [0.05, 0.1) is 16.4 Å². The van der Waals surface area contributed by atoms with Gasteiger partial charge < -0.3 is 4.57 Å². The Kier molecular flexibility index (Phi) is 12.4. The molecule has 14 aromatic carbocycles. The van der Waals surface area contributed by atoms with Crippen molar-refractivity contribution in [1.29, 1.82) is 0 Å². The largest absolute Gasteiger partial charge is 0.309 e. The molecule has 0 saturated heterocycles. The molecule has 1 spiro atoms. The predicted octanol–water partition coefficient (Wildman–Crippen LogP) is 22.3. The highest BCUT2D eigenvalue weighted by Crippen LogP contribution is 2.63. The molecular weight excluding hydrogens is 1110 g/mol. The summed E-state index contributed by atoms with van der Waals surface area (Å²) >= 11 is 0. The van der Waals surface area contributed by atoms with Crippen molar-refractivity contribution in [2.75, 3.05) is 0 Å². The molecule has 0 saturated carbocycles. The Morgan fingerprint density at radius 2 is 0.500 bits per heavy atom. The van der Waals surface area contributed by atoms with Crippen molar-refractivity contribution in [2.45, 2.75) is 5.41 Å². The summed E-state index contributed by atoms with van der Waals surface area (Å²) in [6.45, 7) is 0. The van der Waals surface area contributed by atoms with E-state index in [0.717, 1.165) is 89.1 Å². The van der Waals surface area contributed by atoms with Gasteiger partial charge in [-0.15, -0.1) is 0 Å². The number of nitrogens with zero attached hydrogens (tertiary/aromatic N) is 4. The fourth-order valence-corrected chi connectivity index (χ4v) is 14.8. The Bertz CT molecular complexity index is 5210. The minimum Gasteiger partial charge on any atom is -0.309 e. The Morgan fingerprint density at radius 1 is 0.196 bits per heavy atom. The molecule has 2 heterocycles. The number of aromatic nitrogens is 4. The van der Waals surface area contributed by atoms with Crippen molar-refractivity contribution in [3.05, 3.63) is 362 Å². The van der Waals surface area contributed by atoms with Crippen LogP contribution in [0.5, 0.6) is 0 Å². The van der Waals surface area contributed by atoms with E-state index in [0.29, 0.717) is 17.5 Å². The van der Waals surface area contributed by atoms with Crippen molar-refractivity contribution >= 4 is 21.8 Å². The van der Waals surface area contributed by atoms with Crippen molar-refractivity contribution in [3.63, 3.8) is 0 Å². The third-order valence-electron chi connectivity index (χ3n) is 19.0. The van der Waals surface area contributed by atoms with Gasteiger partial charge in [-0.25, -0.2) is 15.0 Å². The Hall–Kier alpha value is -12.1. The van der Waals surface area contributed by atoms with Crippen molar-refractivity contribution in [1.82, 2.24) is 19.5 Å². The van der Waals surface area contributed by atoms with Crippen LogP contribution < -0.4 is 0 Å². The maximum absolute atomic E-state index is 5.59. The van der Waals surface area contributed by atoms with E-state index in [1.807, 2.05) is 0 Å². The Morgan fingerprint density at radius 3 is 0.935 bits per heavy atom. The Labute approximate surface area is 534 Å². The van der Waals surface area contributed by atoms with E-state index < -0.39 is 5.41 Å². The number of benzene rings is 14. The lowest BCUT2D eigenvalue weighted by atomic mass is 9.70. The van der Waals surface area contributed by atoms with Crippen LogP contribution >= 0.6 is 0 Å². The van der Waals surface area contributed by atoms with Gasteiger partial charge in [-0.05, 0) is 190 Å². The van der Waals surface area contributed by atoms with E-state index in [2.05, 4.69) is 344 Å². The van der Waals surface area contributed by atoms with Crippen LogP contribution in [0.15, 0.2) is 340 Å². The zero-order valence-electron chi connectivity index (χ0n) is 50.1. The summed E-state index contributed by atoms with van der Waals surface area (Å²) in [7, 11) is 0. The first-order valence-corrected chi connectivity index (χ1v) is 31.5. The molecular formula is C88H56N4. The van der Waals surface area contributed by atoms with Crippen LogP contribution in [0.25, 0.3) is 151 Å². The molecule has 0 N–H and O–H groups in total. The second-order valence-electron chi connectivity index (χ2n) is 24.2. The smallest absolute Gasteiger partial charge is 0.164 e. The van der Waals surface area contributed by atoms with Crippen molar-refractivity contribution in [2.24, 2.45) is 0 Å². The normalized spacial score (nSPS) is 13.5. The van der Waals surface area contributed by atoms with E-state index in [1.165, 1.54) is 66.3 Å². The van der Waals surface area contributed by atoms with Gasteiger partial charge in [0.2, 0.25) is 0 Å². The highest BCUT2D eigenvalue weighted by molar-refractivity contribution is 6.09. The first kappa shape index (κ1) is 53.0. The summed E-state index contributed by atoms with van der Waals surface area (Å²) in [4.78, 5) is 16.7. The molecule has 4 nitrogen and oxygen atoms in total. The lowest BCUT2D eigenvalue weighted by Crippen LogP contribution is -2.26. The van der Waals surface area contributed by atoms with Crippen LogP contribution in [0.1, 0.15) is 22.3 Å². The Balaban J connectivity index is 0.836. The van der Waals surface area contributed by atoms with Gasteiger partial charge in [-0.2, -0.15) is 0 Å². The number of para-hydroxylation sites is 2. The molecule has 4 heteroatoms. The highest BCUT2D eigenvalue weighted by Gasteiger charge is 2.52. The number of rotatable bonds is 10. The monoisotopic (exact) mass is 1170 g/mol. The van der Waals surface area contributed by atoms with Crippen molar-refractivity contribution in [3.8, 4) is 129 Å². The molecule has 0 aliphatic heterocycles. The van der Waals surface area contributed by atoms with Crippen LogP contribution in [0.4, 0.5) is 0 Å². The van der Waals surface area contributed by atoms with E-state index >= 15 is 0 Å². The highest BCUT2D eigenvalue weighted by atomic mass is 15.0. The first-order chi connectivity index (χ1) is 45.6. The van der Waals surface area contributed by atoms with Gasteiger partial charge in [0, 0.05) is 33.2 Å². The standard InChI is InChI=1S/C88H56N4/c1-5-23-57(24-6-1)66-49-67(58-25-7-2-8-26-58)52-70(51-66)61-31-21-33-63(47-61)85-89-86(64-34-22-32-62(48-64)71-53-68(59-27-9-3-10-28-59)50-69(54-71)60-29-11-4-12-30-60)91-87(90-85)65-43-45-75-73-35-13-17-39-79(73)88(81(75)55-65)80-40-18-14-36-74(80)76-46-44-72(56-82(76)88)92-83-41-19-15-37-77(83)78-38-16-20-42-84(78)92/h1-56H. The summed E-state index contributed by atoms with van der Waals surface area (Å²) in [6, 6.07) is 124. The maximum atomic E-state index is 5.59. The zero-order chi connectivity index (χ0) is 60.7. The molecule has 2 aliphatic carbocycles. The summed E-state index contributed by atoms with van der Waals surface area (Å²) in [6.07, 6.45) is 0. The van der Waals surface area contributed by atoms with Gasteiger partial charge in [0.25, 0.3) is 0 Å². The number of fused-ring (bicyclic) bond motifs is 13. The minimum atomic E-state index is -0.663. The summed E-state index contributed by atoms with van der Waals surface area (Å²) < 4.78 is 2.45. The van der Waals surface area contributed by atoms with Gasteiger partial charge in [-0.1, -0.05) is 261 Å². The average Bonchev–Trinajstić information content (AvgIpc) is 1.51. The molecule has 0 radical (unpaired) electrons. The average molecular weight is 1170 g/mol. The molecule has 1 atom stereocenters. The third-order valence-corrected chi connectivity index (χ3v) is 19.0. The maximum Gasteiger partial charge on any atom is 0.164 e. The van der Waals surface area contributed by atoms with Crippen molar-refractivity contribution < 1.29 is 0 Å². The topological polar surface area (TPSA) is 43.6 Å². The van der Waals surface area contributed by atoms with E-state index in [1.54, 1.807) is 0 Å². The van der Waals surface area contributed by atoms with Gasteiger partial charge in [-0.3, -0.25) is 0 Å². The SMILES string of the molecule is c1ccc(-c2cc(-c3ccccc3)cc(-c3cccc(-c4nc(-c5cccc(-c6cc(-c7ccccc7)cc(-c7ccccc7)c6)c5)nc(-c5ccc6c(c5)C5(c7ccccc7-6)c6ccccc6-c6ccc(-n7c8ccccc8c8ccccc87)cc65)n4)c3)c2)cc1. The van der Waals surface area contributed by atoms with Gasteiger partial charge in [0.1, 0.15) is 0 Å². The molecule has 0 fully saturated rings. The molecule has 0 amide bonds. The molecule has 16 aromatic rings.